The highest BCUT2D eigenvalue weighted by atomic mass is 16.2. The summed E-state index contributed by atoms with van der Waals surface area (Å²) < 4.78 is 0. The van der Waals surface area contributed by atoms with Crippen LogP contribution in [0.5, 0.6) is 0 Å². The molecule has 0 saturated carbocycles. The lowest BCUT2D eigenvalue weighted by molar-refractivity contribution is -0.129. The number of hydrogen-bond donors (Lipinski definition) is 2. The molecule has 1 unspecified atom stereocenters. The summed E-state index contributed by atoms with van der Waals surface area (Å²) in [5.41, 5.74) is 0. The Morgan fingerprint density at radius 3 is 2.79 bits per heavy atom. The molecule has 2 N–H and O–H groups in total. The maximum absolute atomic E-state index is 11.6. The molecule has 0 aromatic heterocycles. The van der Waals surface area contributed by atoms with Gasteiger partial charge in [0.15, 0.2) is 5.78 Å². The van der Waals surface area contributed by atoms with E-state index >= 15 is 0 Å². The van der Waals surface area contributed by atoms with Crippen LogP contribution in [0, 0.1) is 0 Å². The van der Waals surface area contributed by atoms with Gasteiger partial charge in [0.1, 0.15) is 0 Å². The topological polar surface area (TPSA) is 58.2 Å². The Bertz CT molecular complexity index is 210. The zero-order chi connectivity index (χ0) is 10.4. The lowest BCUT2D eigenvalue weighted by atomic mass is 9.99. The van der Waals surface area contributed by atoms with E-state index in [0.29, 0.717) is 6.54 Å². The van der Waals surface area contributed by atoms with Crippen LogP contribution in [0.2, 0.25) is 0 Å². The lowest BCUT2D eigenvalue weighted by Crippen LogP contribution is -2.42. The summed E-state index contributed by atoms with van der Waals surface area (Å²) >= 11 is 0. The monoisotopic (exact) mass is 198 g/mol. The molecule has 0 aromatic rings. The first-order valence-electron chi connectivity index (χ1n) is 5.27. The number of nitrogens with one attached hydrogen (secondary N) is 2. The highest BCUT2D eigenvalue weighted by molar-refractivity contribution is 6.00. The molecular weight excluding hydrogens is 180 g/mol. The molecule has 0 aliphatic carbocycles. The number of piperidine rings is 1. The van der Waals surface area contributed by atoms with E-state index in [9.17, 15) is 9.59 Å². The van der Waals surface area contributed by atoms with E-state index in [-0.39, 0.29) is 24.2 Å². The highest BCUT2D eigenvalue weighted by Gasteiger charge is 2.21. The van der Waals surface area contributed by atoms with Gasteiger partial charge in [-0.25, -0.2) is 0 Å². The second-order valence-electron chi connectivity index (χ2n) is 3.60. The normalized spacial score (nSPS) is 21.6. The summed E-state index contributed by atoms with van der Waals surface area (Å²) in [5, 5.41) is 5.76. The standard InChI is InChI=1S/C10H18N2O2/c1-2-11-10(14)7-9(13)8-5-3-4-6-12-8/h8,12H,2-7H2,1H3,(H,11,14). The van der Waals surface area contributed by atoms with Gasteiger partial charge in [-0.2, -0.15) is 0 Å². The summed E-state index contributed by atoms with van der Waals surface area (Å²) in [4.78, 5) is 22.7. The molecule has 0 radical (unpaired) electrons. The second-order valence-corrected chi connectivity index (χ2v) is 3.60. The number of Topliss-reactive ketones (excluding diaryl/α,β-unsaturated/α-hetero) is 1. The van der Waals surface area contributed by atoms with Crippen molar-refractivity contribution in [1.82, 2.24) is 10.6 Å². The van der Waals surface area contributed by atoms with Gasteiger partial charge in [-0.15, -0.1) is 0 Å². The van der Waals surface area contributed by atoms with Gasteiger partial charge in [0, 0.05) is 6.54 Å². The van der Waals surface area contributed by atoms with Gasteiger partial charge in [0.25, 0.3) is 0 Å². The SMILES string of the molecule is CCNC(=O)CC(=O)C1CCCCN1. The van der Waals surface area contributed by atoms with Gasteiger partial charge in [-0.1, -0.05) is 6.42 Å². The third-order valence-electron chi connectivity index (χ3n) is 2.41. The molecule has 1 aliphatic rings. The third kappa shape index (κ3) is 3.46. The lowest BCUT2D eigenvalue weighted by Gasteiger charge is -2.21. The molecule has 1 saturated heterocycles. The maximum atomic E-state index is 11.6. The van der Waals surface area contributed by atoms with E-state index < -0.39 is 0 Å². The fourth-order valence-electron chi connectivity index (χ4n) is 1.67. The van der Waals surface area contributed by atoms with Crippen LogP contribution in [-0.2, 0) is 9.59 Å². The first kappa shape index (κ1) is 11.2. The minimum absolute atomic E-state index is 0.0194. The van der Waals surface area contributed by atoms with E-state index in [2.05, 4.69) is 10.6 Å². The van der Waals surface area contributed by atoms with E-state index in [0.717, 1.165) is 25.8 Å². The Hall–Kier alpha value is -0.900. The van der Waals surface area contributed by atoms with Gasteiger partial charge in [0.2, 0.25) is 5.91 Å². The molecule has 1 aliphatic heterocycles. The van der Waals surface area contributed by atoms with Crippen LogP contribution in [0.4, 0.5) is 0 Å². The first-order valence-corrected chi connectivity index (χ1v) is 5.27. The van der Waals surface area contributed by atoms with E-state index in [1.807, 2.05) is 6.92 Å². The average Bonchev–Trinajstić information content (AvgIpc) is 2.19. The van der Waals surface area contributed by atoms with Crippen molar-refractivity contribution >= 4 is 11.7 Å². The van der Waals surface area contributed by atoms with Crippen molar-refractivity contribution < 1.29 is 9.59 Å². The molecule has 0 spiro atoms. The quantitative estimate of drug-likeness (QED) is 0.635. The molecule has 1 atom stereocenters. The minimum Gasteiger partial charge on any atom is -0.356 e. The Labute approximate surface area is 84.4 Å². The van der Waals surface area contributed by atoms with Crippen molar-refractivity contribution in [1.29, 1.82) is 0 Å². The van der Waals surface area contributed by atoms with Crippen LogP contribution >= 0.6 is 0 Å². The smallest absolute Gasteiger partial charge is 0.227 e. The molecular formula is C10H18N2O2. The molecule has 1 fully saturated rings. The minimum atomic E-state index is -0.162. The van der Waals surface area contributed by atoms with E-state index in [4.69, 9.17) is 0 Å². The number of hydrogen-bond acceptors (Lipinski definition) is 3. The van der Waals surface area contributed by atoms with Gasteiger partial charge < -0.3 is 10.6 Å². The van der Waals surface area contributed by atoms with E-state index in [1.165, 1.54) is 0 Å². The average molecular weight is 198 g/mol. The Morgan fingerprint density at radius 2 is 2.21 bits per heavy atom. The van der Waals surface area contributed by atoms with Crippen LogP contribution in [0.15, 0.2) is 0 Å². The van der Waals surface area contributed by atoms with Crippen LogP contribution in [0.1, 0.15) is 32.6 Å². The summed E-state index contributed by atoms with van der Waals surface area (Å²) in [6.07, 6.45) is 3.10. The maximum Gasteiger partial charge on any atom is 0.227 e. The summed E-state index contributed by atoms with van der Waals surface area (Å²) in [5.74, 6) is -0.138. The molecule has 1 rings (SSSR count). The molecule has 80 valence electrons. The molecule has 1 amide bonds. The Kier molecular flexibility index (Phi) is 4.59. The fraction of sp³-hybridized carbons (Fsp3) is 0.800. The van der Waals surface area contributed by atoms with Crippen LogP contribution < -0.4 is 10.6 Å². The molecule has 0 bridgehead atoms. The largest absolute Gasteiger partial charge is 0.356 e. The zero-order valence-electron chi connectivity index (χ0n) is 8.64. The predicted octanol–water partition coefficient (Wildman–Crippen LogP) is 0.224. The summed E-state index contributed by atoms with van der Waals surface area (Å²) in [7, 11) is 0. The van der Waals surface area contributed by atoms with Crippen molar-refractivity contribution in [2.45, 2.75) is 38.6 Å². The fourth-order valence-corrected chi connectivity index (χ4v) is 1.67. The van der Waals surface area contributed by atoms with Gasteiger partial charge >= 0.3 is 0 Å². The Morgan fingerprint density at radius 1 is 1.43 bits per heavy atom. The number of rotatable bonds is 4. The molecule has 14 heavy (non-hydrogen) atoms. The molecule has 1 heterocycles. The van der Waals surface area contributed by atoms with Crippen molar-refractivity contribution in [3.05, 3.63) is 0 Å². The van der Waals surface area contributed by atoms with Crippen molar-refractivity contribution in [2.75, 3.05) is 13.1 Å². The Balaban J connectivity index is 2.29. The van der Waals surface area contributed by atoms with Crippen LogP contribution in [0.3, 0.4) is 0 Å². The summed E-state index contributed by atoms with van der Waals surface area (Å²) in [6, 6.07) is -0.0913. The zero-order valence-corrected chi connectivity index (χ0v) is 8.64. The van der Waals surface area contributed by atoms with E-state index in [1.54, 1.807) is 0 Å². The third-order valence-corrected chi connectivity index (χ3v) is 2.41. The molecule has 4 nitrogen and oxygen atoms in total. The summed E-state index contributed by atoms with van der Waals surface area (Å²) in [6.45, 7) is 3.33. The van der Waals surface area contributed by atoms with Crippen molar-refractivity contribution in [3.8, 4) is 0 Å². The van der Waals surface area contributed by atoms with Crippen LogP contribution in [-0.4, -0.2) is 30.8 Å². The number of carbonyl (C=O) groups is 2. The molecule has 4 heteroatoms. The van der Waals surface area contributed by atoms with Gasteiger partial charge in [0.05, 0.1) is 12.5 Å². The first-order chi connectivity index (χ1) is 6.74. The number of ketones is 1. The van der Waals surface area contributed by atoms with Crippen molar-refractivity contribution in [3.63, 3.8) is 0 Å². The van der Waals surface area contributed by atoms with Crippen LogP contribution in [0.25, 0.3) is 0 Å². The number of amides is 1. The number of carbonyl (C=O) groups excluding carboxylic acids is 2. The van der Waals surface area contributed by atoms with Gasteiger partial charge in [-0.3, -0.25) is 9.59 Å². The molecule has 0 aromatic carbocycles. The second kappa shape index (κ2) is 5.75. The highest BCUT2D eigenvalue weighted by Crippen LogP contribution is 2.08. The van der Waals surface area contributed by atoms with Crippen molar-refractivity contribution in [2.24, 2.45) is 0 Å². The predicted molar refractivity (Wildman–Crippen MR) is 53.9 cm³/mol. The van der Waals surface area contributed by atoms with Gasteiger partial charge in [-0.05, 0) is 26.3 Å².